The van der Waals surface area contributed by atoms with Gasteiger partial charge >= 0.3 is 0 Å². The number of aliphatic hydroxyl groups is 1. The maximum atomic E-state index is 12.3. The zero-order chi connectivity index (χ0) is 14.8. The zero-order valence-corrected chi connectivity index (χ0v) is 12.6. The number of nitrogens with zero attached hydrogens (tertiary/aromatic N) is 1. The lowest BCUT2D eigenvalue weighted by atomic mass is 9.99. The molecule has 4 heteroatoms. The van der Waals surface area contributed by atoms with Gasteiger partial charge in [-0.05, 0) is 55.5 Å². The van der Waals surface area contributed by atoms with E-state index in [0.717, 1.165) is 36.4 Å². The molecule has 21 heavy (non-hydrogen) atoms. The SMILES string of the molecule is CCC(O)c1ccc2c(c1)CC(=O)N2CC1CCCNC1. The summed E-state index contributed by atoms with van der Waals surface area (Å²) in [6.45, 7) is 4.88. The Bertz CT molecular complexity index is 524. The fourth-order valence-corrected chi connectivity index (χ4v) is 3.38. The van der Waals surface area contributed by atoms with Crippen molar-refractivity contribution in [3.8, 4) is 0 Å². The van der Waals surface area contributed by atoms with Crippen molar-refractivity contribution < 1.29 is 9.90 Å². The van der Waals surface area contributed by atoms with Crippen molar-refractivity contribution >= 4 is 11.6 Å². The lowest BCUT2D eigenvalue weighted by Gasteiger charge is -2.28. The molecule has 4 nitrogen and oxygen atoms in total. The van der Waals surface area contributed by atoms with E-state index in [9.17, 15) is 9.90 Å². The Kier molecular flexibility index (Phi) is 4.27. The molecule has 0 spiro atoms. The molecule has 0 bridgehead atoms. The Morgan fingerprint density at radius 2 is 2.33 bits per heavy atom. The van der Waals surface area contributed by atoms with Gasteiger partial charge in [0.2, 0.25) is 5.91 Å². The number of benzene rings is 1. The van der Waals surface area contributed by atoms with Crippen LogP contribution in [-0.4, -0.2) is 30.6 Å². The number of piperidine rings is 1. The Hall–Kier alpha value is -1.39. The van der Waals surface area contributed by atoms with E-state index >= 15 is 0 Å². The van der Waals surface area contributed by atoms with Crippen LogP contribution in [0, 0.1) is 5.92 Å². The van der Waals surface area contributed by atoms with Crippen molar-refractivity contribution in [1.29, 1.82) is 0 Å². The molecule has 114 valence electrons. The van der Waals surface area contributed by atoms with Crippen LogP contribution in [0.25, 0.3) is 0 Å². The Morgan fingerprint density at radius 1 is 1.48 bits per heavy atom. The number of aliphatic hydroxyl groups excluding tert-OH is 1. The normalized spacial score (nSPS) is 23.2. The van der Waals surface area contributed by atoms with E-state index in [1.165, 1.54) is 12.8 Å². The van der Waals surface area contributed by atoms with Crippen molar-refractivity contribution in [1.82, 2.24) is 5.32 Å². The van der Waals surface area contributed by atoms with Crippen molar-refractivity contribution in [3.63, 3.8) is 0 Å². The predicted octanol–water partition coefficient (Wildman–Crippen LogP) is 2.02. The number of hydrogen-bond acceptors (Lipinski definition) is 3. The van der Waals surface area contributed by atoms with Crippen LogP contribution >= 0.6 is 0 Å². The fourth-order valence-electron chi connectivity index (χ4n) is 3.38. The number of anilines is 1. The highest BCUT2D eigenvalue weighted by molar-refractivity contribution is 6.01. The summed E-state index contributed by atoms with van der Waals surface area (Å²) in [6.07, 6.45) is 3.13. The number of hydrogen-bond donors (Lipinski definition) is 2. The molecule has 2 unspecified atom stereocenters. The smallest absolute Gasteiger partial charge is 0.231 e. The molecule has 1 fully saturated rings. The van der Waals surface area contributed by atoms with Crippen molar-refractivity contribution in [2.45, 2.75) is 38.7 Å². The molecule has 2 N–H and O–H groups in total. The van der Waals surface area contributed by atoms with Crippen LogP contribution < -0.4 is 10.2 Å². The third kappa shape index (κ3) is 2.97. The monoisotopic (exact) mass is 288 g/mol. The van der Waals surface area contributed by atoms with E-state index in [1.54, 1.807) is 0 Å². The van der Waals surface area contributed by atoms with E-state index in [4.69, 9.17) is 0 Å². The van der Waals surface area contributed by atoms with Gasteiger partial charge in [0.15, 0.2) is 0 Å². The molecule has 0 saturated carbocycles. The molecule has 1 amide bonds. The highest BCUT2D eigenvalue weighted by Crippen LogP contribution is 2.33. The summed E-state index contributed by atoms with van der Waals surface area (Å²) >= 11 is 0. The highest BCUT2D eigenvalue weighted by Gasteiger charge is 2.30. The van der Waals surface area contributed by atoms with Gasteiger partial charge in [0, 0.05) is 12.2 Å². The molecule has 3 rings (SSSR count). The number of nitrogens with one attached hydrogen (secondary N) is 1. The van der Waals surface area contributed by atoms with E-state index in [0.29, 0.717) is 18.8 Å². The number of carbonyl (C=O) groups is 1. The van der Waals surface area contributed by atoms with Crippen molar-refractivity contribution in [3.05, 3.63) is 29.3 Å². The van der Waals surface area contributed by atoms with Crippen LogP contribution in [0.3, 0.4) is 0 Å². The summed E-state index contributed by atoms with van der Waals surface area (Å²) < 4.78 is 0. The van der Waals surface area contributed by atoms with Gasteiger partial charge < -0.3 is 15.3 Å². The molecule has 2 heterocycles. The summed E-state index contributed by atoms with van der Waals surface area (Å²) in [5, 5.41) is 13.4. The van der Waals surface area contributed by atoms with E-state index < -0.39 is 6.10 Å². The molecule has 2 atom stereocenters. The first-order valence-electron chi connectivity index (χ1n) is 8.01. The van der Waals surface area contributed by atoms with Gasteiger partial charge in [0.25, 0.3) is 0 Å². The van der Waals surface area contributed by atoms with Crippen molar-refractivity contribution in [2.75, 3.05) is 24.5 Å². The van der Waals surface area contributed by atoms with E-state index in [-0.39, 0.29) is 5.91 Å². The minimum atomic E-state index is -0.429. The van der Waals surface area contributed by atoms with Crippen LogP contribution in [0.4, 0.5) is 5.69 Å². The summed E-state index contributed by atoms with van der Waals surface area (Å²) in [4.78, 5) is 14.2. The average Bonchev–Trinajstić information content (AvgIpc) is 2.82. The van der Waals surface area contributed by atoms with Gasteiger partial charge in [-0.2, -0.15) is 0 Å². The summed E-state index contributed by atoms with van der Waals surface area (Å²) in [5.41, 5.74) is 3.02. The van der Waals surface area contributed by atoms with Crippen molar-refractivity contribution in [2.24, 2.45) is 5.92 Å². The molecule has 1 aromatic rings. The molecular weight excluding hydrogens is 264 g/mol. The molecule has 0 aromatic heterocycles. The zero-order valence-electron chi connectivity index (χ0n) is 12.6. The quantitative estimate of drug-likeness (QED) is 0.891. The van der Waals surface area contributed by atoms with Gasteiger partial charge in [0.1, 0.15) is 0 Å². The lowest BCUT2D eigenvalue weighted by Crippen LogP contribution is -2.39. The molecule has 2 aliphatic rings. The van der Waals surface area contributed by atoms with Crippen LogP contribution in [0.5, 0.6) is 0 Å². The third-order valence-electron chi connectivity index (χ3n) is 4.65. The molecule has 0 radical (unpaired) electrons. The van der Waals surface area contributed by atoms with E-state index in [2.05, 4.69) is 5.32 Å². The minimum Gasteiger partial charge on any atom is -0.388 e. The molecular formula is C17H24N2O2. The first-order valence-corrected chi connectivity index (χ1v) is 8.01. The molecule has 2 aliphatic heterocycles. The number of carbonyl (C=O) groups excluding carboxylic acids is 1. The minimum absolute atomic E-state index is 0.193. The molecule has 1 aromatic carbocycles. The van der Waals surface area contributed by atoms with Gasteiger partial charge in [-0.1, -0.05) is 19.1 Å². The number of rotatable bonds is 4. The van der Waals surface area contributed by atoms with Gasteiger partial charge in [-0.15, -0.1) is 0 Å². The second-order valence-electron chi connectivity index (χ2n) is 6.21. The second-order valence-corrected chi connectivity index (χ2v) is 6.21. The second kappa shape index (κ2) is 6.16. The summed E-state index contributed by atoms with van der Waals surface area (Å²) in [5.74, 6) is 0.744. The fraction of sp³-hybridized carbons (Fsp3) is 0.588. The van der Waals surface area contributed by atoms with Gasteiger partial charge in [-0.25, -0.2) is 0 Å². The standard InChI is InChI=1S/C17H24N2O2/c1-2-16(20)13-5-6-15-14(8-13)9-17(21)19(15)11-12-4-3-7-18-10-12/h5-6,8,12,16,18,20H,2-4,7,9-11H2,1H3. The summed E-state index contributed by atoms with van der Waals surface area (Å²) in [6, 6.07) is 5.96. The largest absolute Gasteiger partial charge is 0.388 e. The summed E-state index contributed by atoms with van der Waals surface area (Å²) in [7, 11) is 0. The first kappa shape index (κ1) is 14.5. The molecule has 0 aliphatic carbocycles. The predicted molar refractivity (Wildman–Crippen MR) is 83.3 cm³/mol. The number of fused-ring (bicyclic) bond motifs is 1. The first-order chi connectivity index (χ1) is 10.2. The van der Waals surface area contributed by atoms with Crippen LogP contribution in [0.1, 0.15) is 43.4 Å². The van der Waals surface area contributed by atoms with Crippen LogP contribution in [0.15, 0.2) is 18.2 Å². The maximum Gasteiger partial charge on any atom is 0.231 e. The number of amides is 1. The lowest BCUT2D eigenvalue weighted by molar-refractivity contribution is -0.117. The molecule has 1 saturated heterocycles. The van der Waals surface area contributed by atoms with Crippen LogP contribution in [-0.2, 0) is 11.2 Å². The van der Waals surface area contributed by atoms with E-state index in [1.807, 2.05) is 30.0 Å². The maximum absolute atomic E-state index is 12.3. The highest BCUT2D eigenvalue weighted by atomic mass is 16.3. The van der Waals surface area contributed by atoms with Crippen LogP contribution in [0.2, 0.25) is 0 Å². The van der Waals surface area contributed by atoms with Gasteiger partial charge in [-0.3, -0.25) is 4.79 Å². The Morgan fingerprint density at radius 3 is 3.05 bits per heavy atom. The Balaban J connectivity index is 1.77. The Labute approximate surface area is 126 Å². The van der Waals surface area contributed by atoms with Gasteiger partial charge in [0.05, 0.1) is 12.5 Å². The third-order valence-corrected chi connectivity index (χ3v) is 4.65. The average molecular weight is 288 g/mol. The topological polar surface area (TPSA) is 52.6 Å².